The first-order valence-corrected chi connectivity index (χ1v) is 11.7. The van der Waals surface area contributed by atoms with Gasteiger partial charge in [-0.2, -0.15) is 11.8 Å². The second-order valence-corrected chi connectivity index (χ2v) is 10.4. The molecule has 164 valence electrons. The number of H-pyrrole nitrogens is 1. The van der Waals surface area contributed by atoms with Crippen molar-refractivity contribution >= 4 is 28.6 Å². The van der Waals surface area contributed by atoms with Gasteiger partial charge in [-0.25, -0.2) is 9.36 Å². The molecule has 1 fully saturated rings. The number of piperidine rings is 1. The average molecular weight is 433 g/mol. The van der Waals surface area contributed by atoms with Gasteiger partial charge in [0.05, 0.1) is 10.9 Å². The second kappa shape index (κ2) is 8.59. The molecular weight excluding hydrogens is 400 g/mol. The van der Waals surface area contributed by atoms with Crippen molar-refractivity contribution in [2.24, 2.45) is 0 Å². The van der Waals surface area contributed by atoms with Crippen LogP contribution in [0.2, 0.25) is 0 Å². The van der Waals surface area contributed by atoms with E-state index in [1.165, 1.54) is 0 Å². The van der Waals surface area contributed by atoms with Crippen molar-refractivity contribution in [3.05, 3.63) is 45.1 Å². The predicted octanol–water partition coefficient (Wildman–Crippen LogP) is 2.41. The lowest BCUT2D eigenvalue weighted by Crippen LogP contribution is -2.62. The van der Waals surface area contributed by atoms with E-state index in [-0.39, 0.29) is 23.0 Å². The number of aromatic nitrogens is 2. The number of rotatable bonds is 6. The highest BCUT2D eigenvalue weighted by Crippen LogP contribution is 2.29. The van der Waals surface area contributed by atoms with Crippen molar-refractivity contribution in [3.63, 3.8) is 0 Å². The molecule has 2 heterocycles. The lowest BCUT2D eigenvalue weighted by Gasteiger charge is -2.46. The highest BCUT2D eigenvalue weighted by atomic mass is 32.2. The van der Waals surface area contributed by atoms with Gasteiger partial charge in [0.1, 0.15) is 6.04 Å². The van der Waals surface area contributed by atoms with Crippen LogP contribution in [-0.4, -0.2) is 44.6 Å². The molecule has 1 saturated heterocycles. The number of aromatic amines is 1. The smallest absolute Gasteiger partial charge is 0.329 e. The van der Waals surface area contributed by atoms with Crippen LogP contribution in [0.15, 0.2) is 33.9 Å². The SMILES string of the molecule is CSCCC(C(=O)NC1CC(C)(C)NC(C)(C)C1)n1c(=O)[nH]c2ccccc2c1=O. The van der Waals surface area contributed by atoms with Crippen LogP contribution in [0.25, 0.3) is 10.9 Å². The number of hydrogen-bond donors (Lipinski definition) is 3. The first-order chi connectivity index (χ1) is 14.0. The monoisotopic (exact) mass is 432 g/mol. The molecule has 3 N–H and O–H groups in total. The third-order valence-electron chi connectivity index (χ3n) is 5.58. The van der Waals surface area contributed by atoms with Crippen LogP contribution in [0.3, 0.4) is 0 Å². The molecule has 8 heteroatoms. The third-order valence-corrected chi connectivity index (χ3v) is 6.23. The van der Waals surface area contributed by atoms with Crippen molar-refractivity contribution in [3.8, 4) is 0 Å². The maximum absolute atomic E-state index is 13.3. The van der Waals surface area contributed by atoms with Crippen molar-refractivity contribution in [2.75, 3.05) is 12.0 Å². The number of carbonyl (C=O) groups excluding carboxylic acids is 1. The summed E-state index contributed by atoms with van der Waals surface area (Å²) in [5.41, 5.74) is -0.737. The molecule has 0 radical (unpaired) electrons. The summed E-state index contributed by atoms with van der Waals surface area (Å²) in [6, 6.07) is 6.00. The lowest BCUT2D eigenvalue weighted by atomic mass is 9.79. The summed E-state index contributed by atoms with van der Waals surface area (Å²) < 4.78 is 1.09. The molecule has 3 rings (SSSR count). The molecule has 0 spiro atoms. The molecule has 7 nitrogen and oxygen atoms in total. The quantitative estimate of drug-likeness (QED) is 0.651. The summed E-state index contributed by atoms with van der Waals surface area (Å²) in [7, 11) is 0. The number of amides is 1. The van der Waals surface area contributed by atoms with Gasteiger partial charge < -0.3 is 15.6 Å². The Morgan fingerprint density at radius 3 is 2.47 bits per heavy atom. The highest BCUT2D eigenvalue weighted by molar-refractivity contribution is 7.98. The van der Waals surface area contributed by atoms with E-state index in [1.54, 1.807) is 36.0 Å². The van der Waals surface area contributed by atoms with Crippen LogP contribution in [-0.2, 0) is 4.79 Å². The van der Waals surface area contributed by atoms with E-state index < -0.39 is 17.3 Å². The van der Waals surface area contributed by atoms with Gasteiger partial charge in [-0.15, -0.1) is 0 Å². The van der Waals surface area contributed by atoms with Gasteiger partial charge in [-0.3, -0.25) is 9.59 Å². The van der Waals surface area contributed by atoms with E-state index in [0.717, 1.165) is 17.4 Å². The van der Waals surface area contributed by atoms with Crippen molar-refractivity contribution < 1.29 is 4.79 Å². The molecule has 2 aromatic rings. The Hall–Kier alpha value is -2.06. The van der Waals surface area contributed by atoms with Crippen LogP contribution in [0.1, 0.15) is 53.0 Å². The summed E-state index contributed by atoms with van der Waals surface area (Å²) in [5.74, 6) is 0.394. The summed E-state index contributed by atoms with van der Waals surface area (Å²) in [4.78, 5) is 42.0. The van der Waals surface area contributed by atoms with Crippen molar-refractivity contribution in [2.45, 2.75) is 70.1 Å². The molecule has 0 bridgehead atoms. The topological polar surface area (TPSA) is 96.0 Å². The van der Waals surface area contributed by atoms with E-state index in [2.05, 4.69) is 43.3 Å². The number of fused-ring (bicyclic) bond motifs is 1. The molecule has 0 aliphatic carbocycles. The summed E-state index contributed by atoms with van der Waals surface area (Å²) in [6.45, 7) is 8.49. The predicted molar refractivity (Wildman–Crippen MR) is 123 cm³/mol. The summed E-state index contributed by atoms with van der Waals surface area (Å²) in [5, 5.41) is 7.15. The van der Waals surface area contributed by atoms with Gasteiger partial charge in [0.15, 0.2) is 0 Å². The molecule has 1 aromatic heterocycles. The standard InChI is InChI=1S/C22H32N4O3S/c1-21(2)12-14(13-22(3,4)25-21)23-18(27)17(10-11-30-5)26-19(28)15-8-6-7-9-16(15)24-20(26)29/h6-9,14,17,25H,10-13H2,1-5H3,(H,23,27)(H,24,29). The summed E-state index contributed by atoms with van der Waals surface area (Å²) >= 11 is 1.59. The third kappa shape index (κ3) is 4.98. The van der Waals surface area contributed by atoms with Gasteiger partial charge in [0.2, 0.25) is 5.91 Å². The first-order valence-electron chi connectivity index (χ1n) is 10.4. The Balaban J connectivity index is 1.95. The molecule has 1 amide bonds. The Kier molecular flexibility index (Phi) is 6.48. The Morgan fingerprint density at radius 1 is 1.20 bits per heavy atom. The Labute approximate surface area is 181 Å². The molecule has 1 atom stereocenters. The zero-order valence-corrected chi connectivity index (χ0v) is 19.2. The van der Waals surface area contributed by atoms with E-state index in [0.29, 0.717) is 23.1 Å². The maximum atomic E-state index is 13.3. The van der Waals surface area contributed by atoms with Crippen LogP contribution < -0.4 is 21.9 Å². The molecule has 1 unspecified atom stereocenters. The number of nitrogens with zero attached hydrogens (tertiary/aromatic N) is 1. The minimum absolute atomic E-state index is 0.0317. The van der Waals surface area contributed by atoms with E-state index >= 15 is 0 Å². The largest absolute Gasteiger partial charge is 0.351 e. The van der Waals surface area contributed by atoms with Crippen LogP contribution in [0, 0.1) is 0 Å². The minimum atomic E-state index is -0.848. The van der Waals surface area contributed by atoms with Crippen LogP contribution >= 0.6 is 11.8 Å². The molecular formula is C22H32N4O3S. The zero-order chi connectivity index (χ0) is 22.1. The fraction of sp³-hybridized carbons (Fsp3) is 0.591. The van der Waals surface area contributed by atoms with E-state index in [9.17, 15) is 14.4 Å². The minimum Gasteiger partial charge on any atom is -0.351 e. The number of benzene rings is 1. The molecule has 1 aliphatic heterocycles. The lowest BCUT2D eigenvalue weighted by molar-refractivity contribution is -0.125. The number of carbonyl (C=O) groups is 1. The van der Waals surface area contributed by atoms with E-state index in [1.807, 2.05) is 6.26 Å². The molecule has 0 saturated carbocycles. The van der Waals surface area contributed by atoms with Gasteiger partial charge in [0.25, 0.3) is 5.56 Å². The number of para-hydroxylation sites is 1. The van der Waals surface area contributed by atoms with Gasteiger partial charge in [0, 0.05) is 17.1 Å². The second-order valence-electron chi connectivity index (χ2n) is 9.45. The number of nitrogens with one attached hydrogen (secondary N) is 3. The van der Waals surface area contributed by atoms with Crippen LogP contribution in [0.4, 0.5) is 0 Å². The fourth-order valence-electron chi connectivity index (χ4n) is 4.79. The van der Waals surface area contributed by atoms with Crippen molar-refractivity contribution in [1.29, 1.82) is 0 Å². The Morgan fingerprint density at radius 2 is 1.83 bits per heavy atom. The van der Waals surface area contributed by atoms with Crippen LogP contribution in [0.5, 0.6) is 0 Å². The molecule has 1 aliphatic rings. The zero-order valence-electron chi connectivity index (χ0n) is 18.4. The maximum Gasteiger partial charge on any atom is 0.329 e. The van der Waals surface area contributed by atoms with Crippen molar-refractivity contribution in [1.82, 2.24) is 20.2 Å². The molecule has 1 aromatic carbocycles. The van der Waals surface area contributed by atoms with Gasteiger partial charge in [-0.1, -0.05) is 12.1 Å². The van der Waals surface area contributed by atoms with E-state index in [4.69, 9.17) is 0 Å². The molecule has 30 heavy (non-hydrogen) atoms. The fourth-order valence-corrected chi connectivity index (χ4v) is 5.25. The first kappa shape index (κ1) is 22.6. The highest BCUT2D eigenvalue weighted by Gasteiger charge is 2.39. The average Bonchev–Trinajstić information content (AvgIpc) is 2.61. The summed E-state index contributed by atoms with van der Waals surface area (Å²) in [6.07, 6.45) is 3.91. The van der Waals surface area contributed by atoms with Gasteiger partial charge in [-0.05, 0) is 71.1 Å². The number of thioether (sulfide) groups is 1. The number of hydrogen-bond acceptors (Lipinski definition) is 5. The Bertz CT molecular complexity index is 1020. The normalized spacial score (nSPS) is 19.5. The van der Waals surface area contributed by atoms with Gasteiger partial charge >= 0.3 is 5.69 Å².